The lowest BCUT2D eigenvalue weighted by Gasteiger charge is -2.31. The molecular formula is C16H28N4O3S. The van der Waals surface area contributed by atoms with Gasteiger partial charge in [0.05, 0.1) is 6.61 Å². The topological polar surface area (TPSA) is 70.3 Å². The van der Waals surface area contributed by atoms with Crippen LogP contribution in [0.5, 0.6) is 0 Å². The van der Waals surface area contributed by atoms with Crippen LogP contribution in [0.1, 0.15) is 29.3 Å². The molecule has 8 heteroatoms. The van der Waals surface area contributed by atoms with E-state index in [1.54, 1.807) is 18.4 Å². The number of hydrogen-bond acceptors (Lipinski definition) is 5. The second-order valence-electron chi connectivity index (χ2n) is 6.25. The summed E-state index contributed by atoms with van der Waals surface area (Å²) in [6, 6.07) is 0. The first-order valence-electron chi connectivity index (χ1n) is 8.24. The van der Waals surface area contributed by atoms with E-state index in [0.717, 1.165) is 30.7 Å². The summed E-state index contributed by atoms with van der Waals surface area (Å²) in [6.07, 6.45) is 0.927. The monoisotopic (exact) mass is 356 g/mol. The fourth-order valence-electron chi connectivity index (χ4n) is 3.25. The predicted molar refractivity (Wildman–Crippen MR) is 94.6 cm³/mol. The van der Waals surface area contributed by atoms with Gasteiger partial charge in [0.2, 0.25) is 0 Å². The van der Waals surface area contributed by atoms with E-state index >= 15 is 0 Å². The number of carbonyl (C=O) groups is 1. The van der Waals surface area contributed by atoms with Crippen LogP contribution >= 0.6 is 11.3 Å². The molecule has 1 saturated heterocycles. The number of carboxylic acid groups (broad SMARTS) is 1. The van der Waals surface area contributed by atoms with Gasteiger partial charge in [0.25, 0.3) is 0 Å². The first kappa shape index (κ1) is 19.0. The van der Waals surface area contributed by atoms with Crippen molar-refractivity contribution in [2.24, 2.45) is 12.0 Å². The number of ether oxygens (including phenoxy) is 1. The van der Waals surface area contributed by atoms with E-state index in [1.165, 1.54) is 15.5 Å². The van der Waals surface area contributed by atoms with Gasteiger partial charge in [-0.15, -0.1) is 11.3 Å². The molecule has 1 amide bonds. The van der Waals surface area contributed by atoms with Crippen LogP contribution in [0.25, 0.3) is 0 Å². The second kappa shape index (κ2) is 8.64. The Hall–Kier alpha value is -1.38. The van der Waals surface area contributed by atoms with Crippen LogP contribution in [-0.4, -0.2) is 73.0 Å². The van der Waals surface area contributed by atoms with Gasteiger partial charge < -0.3 is 19.3 Å². The van der Waals surface area contributed by atoms with Gasteiger partial charge in [0.1, 0.15) is 0 Å². The quantitative estimate of drug-likeness (QED) is 0.840. The molecule has 1 aliphatic heterocycles. The van der Waals surface area contributed by atoms with Crippen molar-refractivity contribution in [3.05, 3.63) is 15.4 Å². The highest BCUT2D eigenvalue weighted by atomic mass is 32.1. The Morgan fingerprint density at radius 2 is 2.12 bits per heavy atom. The van der Waals surface area contributed by atoms with Crippen LogP contribution in [0.3, 0.4) is 0 Å². The molecule has 1 fully saturated rings. The summed E-state index contributed by atoms with van der Waals surface area (Å²) in [4.78, 5) is 21.6. The van der Waals surface area contributed by atoms with Gasteiger partial charge in [0.15, 0.2) is 4.80 Å². The lowest BCUT2D eigenvalue weighted by molar-refractivity contribution is 0.131. The molecule has 0 bridgehead atoms. The zero-order valence-corrected chi connectivity index (χ0v) is 15.8. The molecule has 24 heavy (non-hydrogen) atoms. The van der Waals surface area contributed by atoms with E-state index in [-0.39, 0.29) is 0 Å². The minimum atomic E-state index is -0.813. The Labute approximate surface area is 147 Å². The van der Waals surface area contributed by atoms with E-state index in [4.69, 9.17) is 9.84 Å². The third kappa shape index (κ3) is 4.37. The smallest absolute Gasteiger partial charge is 0.407 e. The average Bonchev–Trinajstić information content (AvgIpc) is 2.88. The van der Waals surface area contributed by atoms with Crippen LogP contribution in [-0.2, 0) is 18.3 Å². The molecule has 7 nitrogen and oxygen atoms in total. The van der Waals surface area contributed by atoms with Crippen LogP contribution in [0.15, 0.2) is 4.99 Å². The number of likely N-dealkylation sites (N-methyl/N-ethyl adjacent to an activating group) is 1. The molecule has 0 unspecified atom stereocenters. The first-order chi connectivity index (χ1) is 11.5. The molecule has 2 heterocycles. The van der Waals surface area contributed by atoms with E-state index in [9.17, 15) is 4.79 Å². The Morgan fingerprint density at radius 3 is 2.67 bits per heavy atom. The normalized spacial score (nSPS) is 17.0. The van der Waals surface area contributed by atoms with Crippen molar-refractivity contribution in [1.29, 1.82) is 0 Å². The number of piperidine rings is 1. The maximum atomic E-state index is 11.1. The molecular weight excluding hydrogens is 328 g/mol. The Kier molecular flexibility index (Phi) is 6.82. The second-order valence-corrected chi connectivity index (χ2v) is 7.31. The molecule has 0 saturated carbocycles. The lowest BCUT2D eigenvalue weighted by Crippen LogP contribution is -2.37. The van der Waals surface area contributed by atoms with Gasteiger partial charge in [-0.05, 0) is 19.9 Å². The third-order valence-corrected chi connectivity index (χ3v) is 5.81. The number of methoxy groups -OCH3 is 1. The fourth-order valence-corrected chi connectivity index (χ4v) is 4.49. The summed E-state index contributed by atoms with van der Waals surface area (Å²) >= 11 is 1.73. The largest absolute Gasteiger partial charge is 0.465 e. The first-order valence-corrected chi connectivity index (χ1v) is 9.06. The molecule has 1 N–H and O–H groups in total. The van der Waals surface area contributed by atoms with Crippen LogP contribution in [0, 0.1) is 0 Å². The SMILES string of the molecule is C/N=c1\sc(CN(C)CCOC)c(C2CCN(C(=O)O)CC2)n1C. The molecule has 0 spiro atoms. The molecule has 2 rings (SSSR count). The van der Waals surface area contributed by atoms with Gasteiger partial charge in [0, 0.05) is 63.9 Å². The summed E-state index contributed by atoms with van der Waals surface area (Å²) in [5.74, 6) is 0.392. The van der Waals surface area contributed by atoms with Crippen molar-refractivity contribution >= 4 is 17.4 Å². The van der Waals surface area contributed by atoms with Gasteiger partial charge >= 0.3 is 6.09 Å². The minimum Gasteiger partial charge on any atom is -0.465 e. The molecule has 1 aromatic heterocycles. The number of hydrogen-bond donors (Lipinski definition) is 1. The third-order valence-electron chi connectivity index (χ3n) is 4.58. The minimum absolute atomic E-state index is 0.392. The van der Waals surface area contributed by atoms with Crippen molar-refractivity contribution in [3.8, 4) is 0 Å². The summed E-state index contributed by atoms with van der Waals surface area (Å²) in [5, 5.41) is 9.14. The van der Waals surface area contributed by atoms with Crippen molar-refractivity contribution < 1.29 is 14.6 Å². The predicted octanol–water partition coefficient (Wildman–Crippen LogP) is 1.55. The molecule has 0 radical (unpaired) electrons. The number of aromatic nitrogens is 1. The zero-order valence-electron chi connectivity index (χ0n) is 15.0. The fraction of sp³-hybridized carbons (Fsp3) is 0.750. The molecule has 0 atom stereocenters. The van der Waals surface area contributed by atoms with Crippen LogP contribution in [0.4, 0.5) is 4.79 Å². The van der Waals surface area contributed by atoms with Gasteiger partial charge in [-0.1, -0.05) is 0 Å². The highest BCUT2D eigenvalue weighted by Crippen LogP contribution is 2.31. The highest BCUT2D eigenvalue weighted by molar-refractivity contribution is 7.09. The van der Waals surface area contributed by atoms with E-state index in [0.29, 0.717) is 25.6 Å². The van der Waals surface area contributed by atoms with Gasteiger partial charge in [-0.25, -0.2) is 4.79 Å². The van der Waals surface area contributed by atoms with Gasteiger partial charge in [-0.3, -0.25) is 9.89 Å². The van der Waals surface area contributed by atoms with Crippen molar-refractivity contribution in [2.45, 2.75) is 25.3 Å². The summed E-state index contributed by atoms with van der Waals surface area (Å²) in [6.45, 7) is 3.67. The van der Waals surface area contributed by atoms with E-state index < -0.39 is 6.09 Å². The van der Waals surface area contributed by atoms with E-state index in [2.05, 4.69) is 28.6 Å². The lowest BCUT2D eigenvalue weighted by atomic mass is 9.92. The van der Waals surface area contributed by atoms with Crippen molar-refractivity contribution in [3.63, 3.8) is 0 Å². The number of thiazole rings is 1. The zero-order chi connectivity index (χ0) is 17.7. The highest BCUT2D eigenvalue weighted by Gasteiger charge is 2.28. The van der Waals surface area contributed by atoms with Crippen molar-refractivity contribution in [2.75, 3.05) is 47.4 Å². The molecule has 0 aromatic carbocycles. The standard InChI is InChI=1S/C16H28N4O3S/c1-17-15-19(3)14(12-5-7-20(8-6-12)16(21)22)13(24-15)11-18(2)9-10-23-4/h12H,5-11H2,1-4H3,(H,21,22)/b17-15-. The maximum Gasteiger partial charge on any atom is 0.407 e. The average molecular weight is 356 g/mol. The number of rotatable bonds is 6. The molecule has 136 valence electrons. The molecule has 1 aromatic rings. The number of amides is 1. The Bertz CT molecular complexity index is 617. The maximum absolute atomic E-state index is 11.1. The van der Waals surface area contributed by atoms with Crippen LogP contribution < -0.4 is 4.80 Å². The summed E-state index contributed by atoms with van der Waals surface area (Å²) < 4.78 is 7.34. The summed E-state index contributed by atoms with van der Waals surface area (Å²) in [7, 11) is 7.70. The van der Waals surface area contributed by atoms with E-state index in [1.807, 2.05) is 7.05 Å². The van der Waals surface area contributed by atoms with Crippen molar-refractivity contribution in [1.82, 2.24) is 14.4 Å². The van der Waals surface area contributed by atoms with Gasteiger partial charge in [-0.2, -0.15) is 0 Å². The Balaban J connectivity index is 2.19. The molecule has 1 aliphatic rings. The Morgan fingerprint density at radius 1 is 1.46 bits per heavy atom. The molecule has 0 aliphatic carbocycles. The number of nitrogens with zero attached hydrogens (tertiary/aromatic N) is 4. The summed E-state index contributed by atoms with van der Waals surface area (Å²) in [5.41, 5.74) is 1.31. The van der Waals surface area contributed by atoms with Crippen LogP contribution in [0.2, 0.25) is 0 Å². The number of likely N-dealkylation sites (tertiary alicyclic amines) is 1.